The molecule has 1 N–H and O–H groups in total. The van der Waals surface area contributed by atoms with Crippen molar-refractivity contribution in [2.75, 3.05) is 5.32 Å². The van der Waals surface area contributed by atoms with Crippen LogP contribution in [0.5, 0.6) is 0 Å². The molecule has 0 aliphatic carbocycles. The van der Waals surface area contributed by atoms with Gasteiger partial charge in [-0.1, -0.05) is 12.1 Å². The van der Waals surface area contributed by atoms with Crippen LogP contribution >= 0.6 is 11.3 Å². The van der Waals surface area contributed by atoms with Crippen molar-refractivity contribution in [1.29, 1.82) is 0 Å². The van der Waals surface area contributed by atoms with Crippen LogP contribution in [-0.4, -0.2) is 30.6 Å². The summed E-state index contributed by atoms with van der Waals surface area (Å²) in [7, 11) is 0. The number of rotatable bonds is 4. The van der Waals surface area contributed by atoms with Gasteiger partial charge in [-0.05, 0) is 31.2 Å². The van der Waals surface area contributed by atoms with Gasteiger partial charge in [-0.15, -0.1) is 11.3 Å². The summed E-state index contributed by atoms with van der Waals surface area (Å²) in [6.07, 6.45) is 4.93. The number of carbonyl (C=O) groups excluding carboxylic acids is 1. The zero-order valence-corrected chi connectivity index (χ0v) is 14.6. The second-order valence-corrected chi connectivity index (χ2v) is 6.31. The molecular weight excluding hydrogens is 348 g/mol. The number of carbonyl (C=O) groups is 1. The average Bonchev–Trinajstić information content (AvgIpc) is 3.30. The molecule has 0 aromatic carbocycles. The van der Waals surface area contributed by atoms with Crippen molar-refractivity contribution in [3.05, 3.63) is 71.6 Å². The van der Waals surface area contributed by atoms with E-state index >= 15 is 0 Å². The van der Waals surface area contributed by atoms with E-state index in [4.69, 9.17) is 0 Å². The SMILES string of the molecule is Cc1c(C(=O)Nc2nc(-c3ccccn3)cs2)cnn1-c1ccccn1. The summed E-state index contributed by atoms with van der Waals surface area (Å²) in [6.45, 7) is 1.83. The van der Waals surface area contributed by atoms with Gasteiger partial charge in [-0.3, -0.25) is 15.1 Å². The first-order valence-corrected chi connectivity index (χ1v) is 8.74. The molecule has 0 spiro atoms. The second-order valence-electron chi connectivity index (χ2n) is 5.45. The van der Waals surface area contributed by atoms with Crippen molar-refractivity contribution in [1.82, 2.24) is 24.7 Å². The van der Waals surface area contributed by atoms with E-state index in [9.17, 15) is 4.79 Å². The first-order chi connectivity index (χ1) is 12.7. The minimum absolute atomic E-state index is 0.258. The van der Waals surface area contributed by atoms with Crippen molar-refractivity contribution >= 4 is 22.4 Å². The molecule has 0 saturated heterocycles. The molecule has 128 valence electrons. The molecule has 4 aromatic heterocycles. The summed E-state index contributed by atoms with van der Waals surface area (Å²) < 4.78 is 1.64. The Morgan fingerprint density at radius 1 is 1.08 bits per heavy atom. The van der Waals surface area contributed by atoms with Crippen LogP contribution in [0.1, 0.15) is 16.1 Å². The molecule has 0 aliphatic heterocycles. The Hall–Kier alpha value is -3.39. The molecule has 0 atom stereocenters. The number of nitrogens with one attached hydrogen (secondary N) is 1. The summed E-state index contributed by atoms with van der Waals surface area (Å²) in [4.78, 5) is 25.5. The highest BCUT2D eigenvalue weighted by molar-refractivity contribution is 7.14. The third-order valence-electron chi connectivity index (χ3n) is 3.77. The summed E-state index contributed by atoms with van der Waals surface area (Å²) in [6, 6.07) is 11.2. The molecule has 1 amide bonds. The molecular formula is C18H14N6OS. The molecule has 4 heterocycles. The highest BCUT2D eigenvalue weighted by atomic mass is 32.1. The van der Waals surface area contributed by atoms with Crippen molar-refractivity contribution in [2.24, 2.45) is 0 Å². The fourth-order valence-corrected chi connectivity index (χ4v) is 3.17. The lowest BCUT2D eigenvalue weighted by molar-refractivity contribution is 0.102. The van der Waals surface area contributed by atoms with Crippen LogP contribution < -0.4 is 5.32 Å². The molecule has 4 rings (SSSR count). The lowest BCUT2D eigenvalue weighted by Gasteiger charge is -2.04. The van der Waals surface area contributed by atoms with Gasteiger partial charge in [-0.25, -0.2) is 14.6 Å². The number of aromatic nitrogens is 5. The Bertz CT molecular complexity index is 1040. The fourth-order valence-electron chi connectivity index (χ4n) is 2.47. The number of thiazole rings is 1. The zero-order chi connectivity index (χ0) is 17.9. The average molecular weight is 362 g/mol. The van der Waals surface area contributed by atoms with Gasteiger partial charge in [0.2, 0.25) is 0 Å². The van der Waals surface area contributed by atoms with Crippen LogP contribution in [0.4, 0.5) is 5.13 Å². The maximum atomic E-state index is 12.6. The van der Waals surface area contributed by atoms with Gasteiger partial charge in [0.25, 0.3) is 5.91 Å². The number of anilines is 1. The molecule has 0 radical (unpaired) electrons. The Balaban J connectivity index is 1.55. The van der Waals surface area contributed by atoms with Crippen LogP contribution in [0, 0.1) is 6.92 Å². The van der Waals surface area contributed by atoms with Gasteiger partial charge >= 0.3 is 0 Å². The monoisotopic (exact) mass is 362 g/mol. The summed E-state index contributed by atoms with van der Waals surface area (Å²) in [5.41, 5.74) is 2.68. The molecule has 4 aromatic rings. The van der Waals surface area contributed by atoms with Gasteiger partial charge in [0, 0.05) is 17.8 Å². The first kappa shape index (κ1) is 16.1. The van der Waals surface area contributed by atoms with Crippen LogP contribution in [0.2, 0.25) is 0 Å². The molecule has 7 nitrogen and oxygen atoms in total. The minimum Gasteiger partial charge on any atom is -0.298 e. The predicted octanol–water partition coefficient (Wildman–Crippen LogP) is 3.35. The fraction of sp³-hybridized carbons (Fsp3) is 0.0556. The quantitative estimate of drug-likeness (QED) is 0.602. The van der Waals surface area contributed by atoms with Gasteiger partial charge in [0.1, 0.15) is 5.69 Å². The minimum atomic E-state index is -0.258. The summed E-state index contributed by atoms with van der Waals surface area (Å²) >= 11 is 1.35. The lowest BCUT2D eigenvalue weighted by atomic mass is 10.2. The van der Waals surface area contributed by atoms with Crippen LogP contribution in [-0.2, 0) is 0 Å². The zero-order valence-electron chi connectivity index (χ0n) is 13.8. The standard InChI is InChI=1S/C18H14N6OS/c1-12-13(10-21-24(12)16-7-3-5-9-20-16)17(25)23-18-22-15(11-26-18)14-6-2-4-8-19-14/h2-11H,1H3,(H,22,23,25). The Morgan fingerprint density at radius 3 is 2.62 bits per heavy atom. The van der Waals surface area contributed by atoms with Gasteiger partial charge in [0.15, 0.2) is 10.9 Å². The van der Waals surface area contributed by atoms with Gasteiger partial charge in [0.05, 0.1) is 23.1 Å². The molecule has 0 saturated carbocycles. The summed E-state index contributed by atoms with van der Waals surface area (Å²) in [5.74, 6) is 0.405. The van der Waals surface area contributed by atoms with Crippen molar-refractivity contribution < 1.29 is 4.79 Å². The van der Waals surface area contributed by atoms with Gasteiger partial charge < -0.3 is 0 Å². The predicted molar refractivity (Wildman–Crippen MR) is 99.4 cm³/mol. The highest BCUT2D eigenvalue weighted by Gasteiger charge is 2.17. The maximum Gasteiger partial charge on any atom is 0.260 e. The Kier molecular flexibility index (Phi) is 4.24. The lowest BCUT2D eigenvalue weighted by Crippen LogP contribution is -2.13. The van der Waals surface area contributed by atoms with Gasteiger partial charge in [-0.2, -0.15) is 5.10 Å². The smallest absolute Gasteiger partial charge is 0.260 e. The normalized spacial score (nSPS) is 10.7. The Labute approximate surface area is 153 Å². The number of nitrogens with zero attached hydrogens (tertiary/aromatic N) is 5. The molecule has 0 aliphatic rings. The topological polar surface area (TPSA) is 85.6 Å². The first-order valence-electron chi connectivity index (χ1n) is 7.86. The van der Waals surface area contributed by atoms with Crippen LogP contribution in [0.25, 0.3) is 17.2 Å². The maximum absolute atomic E-state index is 12.6. The number of hydrogen-bond donors (Lipinski definition) is 1. The van der Waals surface area contributed by atoms with E-state index in [0.717, 1.165) is 11.4 Å². The molecule has 26 heavy (non-hydrogen) atoms. The van der Waals surface area contributed by atoms with E-state index in [2.05, 4.69) is 25.4 Å². The third kappa shape index (κ3) is 3.09. The van der Waals surface area contributed by atoms with Crippen LogP contribution in [0.3, 0.4) is 0 Å². The van der Waals surface area contributed by atoms with E-state index < -0.39 is 0 Å². The highest BCUT2D eigenvalue weighted by Crippen LogP contribution is 2.24. The largest absolute Gasteiger partial charge is 0.298 e. The van der Waals surface area contributed by atoms with E-state index in [1.165, 1.54) is 17.5 Å². The number of hydrogen-bond acceptors (Lipinski definition) is 6. The van der Waals surface area contributed by atoms with Crippen molar-refractivity contribution in [3.63, 3.8) is 0 Å². The van der Waals surface area contributed by atoms with E-state index in [-0.39, 0.29) is 5.91 Å². The molecule has 0 unspecified atom stereocenters. The number of amides is 1. The third-order valence-corrected chi connectivity index (χ3v) is 4.53. The molecule has 0 bridgehead atoms. The molecule has 8 heteroatoms. The molecule has 0 fully saturated rings. The second kappa shape index (κ2) is 6.85. The Morgan fingerprint density at radius 2 is 1.88 bits per heavy atom. The summed E-state index contributed by atoms with van der Waals surface area (Å²) in [5, 5.41) is 9.47. The van der Waals surface area contributed by atoms with E-state index in [1.54, 1.807) is 17.1 Å². The number of pyridine rings is 2. The van der Waals surface area contributed by atoms with Crippen LogP contribution in [0.15, 0.2) is 60.4 Å². The van der Waals surface area contributed by atoms with Crippen molar-refractivity contribution in [3.8, 4) is 17.2 Å². The van der Waals surface area contributed by atoms with E-state index in [1.807, 2.05) is 48.7 Å². The van der Waals surface area contributed by atoms with Crippen molar-refractivity contribution in [2.45, 2.75) is 6.92 Å². The van der Waals surface area contributed by atoms with E-state index in [0.29, 0.717) is 22.2 Å².